The van der Waals surface area contributed by atoms with E-state index in [0.29, 0.717) is 5.92 Å². The summed E-state index contributed by atoms with van der Waals surface area (Å²) in [5.41, 5.74) is -0.520. The summed E-state index contributed by atoms with van der Waals surface area (Å²) in [5, 5.41) is 17.6. The van der Waals surface area contributed by atoms with Gasteiger partial charge in [-0.25, -0.2) is 4.98 Å². The molecule has 1 aliphatic rings. The van der Waals surface area contributed by atoms with E-state index in [4.69, 9.17) is 0 Å². The van der Waals surface area contributed by atoms with Gasteiger partial charge in [0.2, 0.25) is 0 Å². The molecule has 0 aromatic carbocycles. The SMILES string of the molecule is CCC(O)(CC)CN1CCC(c2n[nH]c(C)n2)CC1. The Kier molecular flexibility index (Phi) is 4.58. The Labute approximate surface area is 115 Å². The number of aryl methyl sites for hydroxylation is 1. The third-order valence-corrected chi connectivity index (χ3v) is 4.40. The summed E-state index contributed by atoms with van der Waals surface area (Å²) < 4.78 is 0. The first-order valence-electron chi connectivity index (χ1n) is 7.40. The van der Waals surface area contributed by atoms with Crippen molar-refractivity contribution in [2.45, 2.75) is 58.0 Å². The van der Waals surface area contributed by atoms with Gasteiger partial charge < -0.3 is 10.0 Å². The monoisotopic (exact) mass is 266 g/mol. The van der Waals surface area contributed by atoms with Gasteiger partial charge in [-0.2, -0.15) is 5.10 Å². The second-order valence-electron chi connectivity index (χ2n) is 5.76. The van der Waals surface area contributed by atoms with E-state index in [1.807, 2.05) is 6.92 Å². The molecule has 0 amide bonds. The van der Waals surface area contributed by atoms with Crippen LogP contribution in [0.4, 0.5) is 0 Å². The number of aromatic amines is 1. The molecule has 2 heterocycles. The van der Waals surface area contributed by atoms with Crippen molar-refractivity contribution in [1.82, 2.24) is 20.1 Å². The normalized spacial score (nSPS) is 18.9. The Morgan fingerprint density at radius 1 is 1.32 bits per heavy atom. The summed E-state index contributed by atoms with van der Waals surface area (Å²) in [5.74, 6) is 2.32. The summed E-state index contributed by atoms with van der Waals surface area (Å²) in [6.07, 6.45) is 3.81. The fraction of sp³-hybridized carbons (Fsp3) is 0.857. The molecule has 1 aliphatic heterocycles. The summed E-state index contributed by atoms with van der Waals surface area (Å²) in [4.78, 5) is 6.81. The third kappa shape index (κ3) is 3.54. The van der Waals surface area contributed by atoms with Crippen LogP contribution < -0.4 is 0 Å². The number of nitrogens with zero attached hydrogens (tertiary/aromatic N) is 3. The highest BCUT2D eigenvalue weighted by Gasteiger charge is 2.29. The maximum absolute atomic E-state index is 10.4. The van der Waals surface area contributed by atoms with Crippen molar-refractivity contribution in [1.29, 1.82) is 0 Å². The van der Waals surface area contributed by atoms with Gasteiger partial charge >= 0.3 is 0 Å². The first-order valence-corrected chi connectivity index (χ1v) is 7.40. The van der Waals surface area contributed by atoms with Gasteiger partial charge in [0.15, 0.2) is 5.82 Å². The van der Waals surface area contributed by atoms with E-state index in [2.05, 4.69) is 33.9 Å². The quantitative estimate of drug-likeness (QED) is 0.853. The number of aliphatic hydroxyl groups is 1. The highest BCUT2D eigenvalue weighted by molar-refractivity contribution is 4.99. The van der Waals surface area contributed by atoms with Gasteiger partial charge in [0.25, 0.3) is 0 Å². The van der Waals surface area contributed by atoms with Crippen LogP contribution in [0.25, 0.3) is 0 Å². The molecule has 19 heavy (non-hydrogen) atoms. The molecule has 108 valence electrons. The molecule has 1 aromatic rings. The van der Waals surface area contributed by atoms with Crippen LogP contribution in [-0.4, -0.2) is 50.4 Å². The lowest BCUT2D eigenvalue weighted by Crippen LogP contribution is -2.45. The first-order chi connectivity index (χ1) is 9.06. The van der Waals surface area contributed by atoms with Crippen LogP contribution in [0.15, 0.2) is 0 Å². The number of hydrogen-bond acceptors (Lipinski definition) is 4. The molecular formula is C14H26N4O. The molecule has 0 unspecified atom stereocenters. The number of β-amino-alcohol motifs (C(OH)–C–C–N with tert-alkyl or cyclic N) is 1. The molecule has 2 rings (SSSR count). The number of nitrogens with one attached hydrogen (secondary N) is 1. The Bertz CT molecular complexity index is 392. The molecule has 0 radical (unpaired) electrons. The van der Waals surface area contributed by atoms with Gasteiger partial charge in [0.1, 0.15) is 5.82 Å². The lowest BCUT2D eigenvalue weighted by molar-refractivity contribution is -0.00922. The zero-order valence-corrected chi connectivity index (χ0v) is 12.3. The number of hydrogen-bond donors (Lipinski definition) is 2. The minimum Gasteiger partial charge on any atom is -0.389 e. The van der Waals surface area contributed by atoms with Crippen LogP contribution in [0.1, 0.15) is 57.1 Å². The smallest absolute Gasteiger partial charge is 0.153 e. The first kappa shape index (κ1) is 14.5. The van der Waals surface area contributed by atoms with Crippen LogP contribution in [0.2, 0.25) is 0 Å². The molecule has 0 saturated carbocycles. The molecule has 5 heteroatoms. The van der Waals surface area contributed by atoms with E-state index >= 15 is 0 Å². The fourth-order valence-corrected chi connectivity index (χ4v) is 2.78. The van der Waals surface area contributed by atoms with Crippen LogP contribution in [0.3, 0.4) is 0 Å². The van der Waals surface area contributed by atoms with E-state index in [-0.39, 0.29) is 0 Å². The van der Waals surface area contributed by atoms with Gasteiger partial charge in [-0.1, -0.05) is 13.8 Å². The van der Waals surface area contributed by atoms with E-state index in [9.17, 15) is 5.11 Å². The summed E-state index contributed by atoms with van der Waals surface area (Å²) in [6.45, 7) is 8.91. The van der Waals surface area contributed by atoms with Crippen LogP contribution >= 0.6 is 0 Å². The van der Waals surface area contributed by atoms with Crippen molar-refractivity contribution >= 4 is 0 Å². The molecule has 0 atom stereocenters. The molecule has 2 N–H and O–H groups in total. The second-order valence-corrected chi connectivity index (χ2v) is 5.76. The Balaban J connectivity index is 1.85. The molecule has 1 aromatic heterocycles. The summed E-state index contributed by atoms with van der Waals surface area (Å²) >= 11 is 0. The largest absolute Gasteiger partial charge is 0.389 e. The lowest BCUT2D eigenvalue weighted by atomic mass is 9.92. The van der Waals surface area contributed by atoms with Crippen molar-refractivity contribution in [2.24, 2.45) is 0 Å². The minimum absolute atomic E-state index is 0.470. The van der Waals surface area contributed by atoms with Crippen molar-refractivity contribution in [2.75, 3.05) is 19.6 Å². The van der Waals surface area contributed by atoms with Crippen LogP contribution in [-0.2, 0) is 0 Å². The average Bonchev–Trinajstić information content (AvgIpc) is 2.86. The van der Waals surface area contributed by atoms with Crippen molar-refractivity contribution in [3.8, 4) is 0 Å². The third-order valence-electron chi connectivity index (χ3n) is 4.40. The number of piperidine rings is 1. The lowest BCUT2D eigenvalue weighted by Gasteiger charge is -2.36. The summed E-state index contributed by atoms with van der Waals surface area (Å²) in [6, 6.07) is 0. The molecular weight excluding hydrogens is 240 g/mol. The Morgan fingerprint density at radius 3 is 2.42 bits per heavy atom. The molecule has 1 saturated heterocycles. The number of rotatable bonds is 5. The second kappa shape index (κ2) is 6.01. The van der Waals surface area contributed by atoms with E-state index in [1.165, 1.54) is 0 Å². The summed E-state index contributed by atoms with van der Waals surface area (Å²) in [7, 11) is 0. The Morgan fingerprint density at radius 2 is 1.95 bits per heavy atom. The predicted octanol–water partition coefficient (Wildman–Crippen LogP) is 1.84. The molecule has 1 fully saturated rings. The molecule has 0 spiro atoms. The topological polar surface area (TPSA) is 65.0 Å². The van der Waals surface area contributed by atoms with E-state index in [1.54, 1.807) is 0 Å². The fourth-order valence-electron chi connectivity index (χ4n) is 2.78. The number of aromatic nitrogens is 3. The zero-order chi connectivity index (χ0) is 13.9. The van der Waals surface area contributed by atoms with Gasteiger partial charge in [-0.05, 0) is 45.7 Å². The predicted molar refractivity (Wildman–Crippen MR) is 75.1 cm³/mol. The minimum atomic E-state index is -0.520. The van der Waals surface area contributed by atoms with Gasteiger partial charge in [-0.3, -0.25) is 5.10 Å². The maximum Gasteiger partial charge on any atom is 0.153 e. The van der Waals surface area contributed by atoms with Crippen molar-refractivity contribution < 1.29 is 5.11 Å². The standard InChI is InChI=1S/C14H26N4O/c1-4-14(19,5-2)10-18-8-6-12(7-9-18)13-15-11(3)16-17-13/h12,19H,4-10H2,1-3H3,(H,15,16,17). The zero-order valence-electron chi connectivity index (χ0n) is 12.3. The van der Waals surface area contributed by atoms with Crippen LogP contribution in [0, 0.1) is 6.92 Å². The average molecular weight is 266 g/mol. The Hall–Kier alpha value is -0.940. The number of H-pyrrole nitrogens is 1. The van der Waals surface area contributed by atoms with Crippen molar-refractivity contribution in [3.05, 3.63) is 11.6 Å². The highest BCUT2D eigenvalue weighted by Crippen LogP contribution is 2.27. The van der Waals surface area contributed by atoms with Crippen LogP contribution in [0.5, 0.6) is 0 Å². The van der Waals surface area contributed by atoms with Crippen molar-refractivity contribution in [3.63, 3.8) is 0 Å². The van der Waals surface area contributed by atoms with Gasteiger partial charge in [0.05, 0.1) is 5.60 Å². The highest BCUT2D eigenvalue weighted by atomic mass is 16.3. The molecule has 0 bridgehead atoms. The maximum atomic E-state index is 10.4. The number of likely N-dealkylation sites (tertiary alicyclic amines) is 1. The molecule has 5 nitrogen and oxygen atoms in total. The molecule has 0 aliphatic carbocycles. The van der Waals surface area contributed by atoms with Gasteiger partial charge in [0, 0.05) is 12.5 Å². The van der Waals surface area contributed by atoms with E-state index in [0.717, 1.165) is 57.0 Å². The van der Waals surface area contributed by atoms with E-state index < -0.39 is 5.60 Å². The van der Waals surface area contributed by atoms with Gasteiger partial charge in [-0.15, -0.1) is 0 Å².